The zero-order chi connectivity index (χ0) is 13.3. The predicted molar refractivity (Wildman–Crippen MR) is 76.8 cm³/mol. The number of benzene rings is 1. The molecule has 1 saturated carbocycles. The topological polar surface area (TPSA) is 35.5 Å². The Morgan fingerprint density at radius 1 is 1.26 bits per heavy atom. The summed E-state index contributed by atoms with van der Waals surface area (Å²) in [7, 11) is 0. The molecule has 2 aliphatic rings. The van der Waals surface area contributed by atoms with Crippen molar-refractivity contribution >= 4 is 0 Å². The zero-order valence-electron chi connectivity index (χ0n) is 11.7. The molecule has 0 amide bonds. The summed E-state index contributed by atoms with van der Waals surface area (Å²) in [6, 6.07) is 9.34. The lowest BCUT2D eigenvalue weighted by atomic mass is 9.98. The molecule has 0 bridgehead atoms. The van der Waals surface area contributed by atoms with Gasteiger partial charge in [0.25, 0.3) is 0 Å². The van der Waals surface area contributed by atoms with E-state index in [0.717, 1.165) is 26.1 Å². The van der Waals surface area contributed by atoms with E-state index in [1.807, 2.05) is 0 Å². The molecule has 1 aliphatic heterocycles. The van der Waals surface area contributed by atoms with Crippen LogP contribution < -0.4 is 5.32 Å². The van der Waals surface area contributed by atoms with Crippen LogP contribution in [0.1, 0.15) is 37.3 Å². The van der Waals surface area contributed by atoms with Gasteiger partial charge in [0.1, 0.15) is 0 Å². The fourth-order valence-corrected chi connectivity index (χ4v) is 2.88. The monoisotopic (exact) mass is 260 g/mol. The number of fused-ring (bicyclic) bond motifs is 1. The lowest BCUT2D eigenvalue weighted by molar-refractivity contribution is 0.143. The molecule has 1 atom stereocenters. The number of nitrogens with zero attached hydrogens (tertiary/aromatic N) is 1. The van der Waals surface area contributed by atoms with Crippen LogP contribution in [0.4, 0.5) is 0 Å². The van der Waals surface area contributed by atoms with E-state index in [0.29, 0.717) is 6.04 Å². The van der Waals surface area contributed by atoms with Gasteiger partial charge in [-0.05, 0) is 37.3 Å². The Bertz CT molecular complexity index is 419. The van der Waals surface area contributed by atoms with E-state index < -0.39 is 0 Å². The molecule has 3 rings (SSSR count). The molecule has 2 N–H and O–H groups in total. The summed E-state index contributed by atoms with van der Waals surface area (Å²) < 4.78 is 0. The van der Waals surface area contributed by atoms with Gasteiger partial charge in [-0.1, -0.05) is 24.3 Å². The number of nitrogens with one attached hydrogen (secondary N) is 1. The molecule has 1 aromatic rings. The lowest BCUT2D eigenvalue weighted by Crippen LogP contribution is -2.48. The van der Waals surface area contributed by atoms with Crippen LogP contribution in [0.5, 0.6) is 0 Å². The first kappa shape index (κ1) is 13.1. The zero-order valence-corrected chi connectivity index (χ0v) is 11.7. The Labute approximate surface area is 115 Å². The lowest BCUT2D eigenvalue weighted by Gasteiger charge is -2.31. The van der Waals surface area contributed by atoms with Crippen LogP contribution in [-0.4, -0.2) is 34.7 Å². The quantitative estimate of drug-likeness (QED) is 0.820. The highest BCUT2D eigenvalue weighted by atomic mass is 16.3. The van der Waals surface area contributed by atoms with E-state index in [1.165, 1.54) is 24.0 Å². The Kier molecular flexibility index (Phi) is 3.61. The summed E-state index contributed by atoms with van der Waals surface area (Å²) in [5.74, 6) is 0. The summed E-state index contributed by atoms with van der Waals surface area (Å²) in [5, 5.41) is 13.2. The van der Waals surface area contributed by atoms with Crippen LogP contribution in [0.3, 0.4) is 0 Å². The normalized spacial score (nSPS) is 22.2. The SMILES string of the molecule is CC(CO)(CCN1Cc2ccccc2C1)NC1CC1. The fraction of sp³-hybridized carbons (Fsp3) is 0.625. The molecule has 1 heterocycles. The fourth-order valence-electron chi connectivity index (χ4n) is 2.88. The molecule has 1 unspecified atom stereocenters. The van der Waals surface area contributed by atoms with Gasteiger partial charge < -0.3 is 10.4 Å². The molecule has 0 saturated heterocycles. The number of aliphatic hydroxyl groups is 1. The van der Waals surface area contributed by atoms with Gasteiger partial charge in [0.2, 0.25) is 0 Å². The largest absolute Gasteiger partial charge is 0.394 e. The second-order valence-corrected chi connectivity index (χ2v) is 6.37. The minimum absolute atomic E-state index is 0.115. The van der Waals surface area contributed by atoms with Gasteiger partial charge in [0.15, 0.2) is 0 Å². The Hall–Kier alpha value is -0.900. The van der Waals surface area contributed by atoms with Gasteiger partial charge in [-0.2, -0.15) is 0 Å². The van der Waals surface area contributed by atoms with Crippen LogP contribution >= 0.6 is 0 Å². The van der Waals surface area contributed by atoms with Crippen molar-refractivity contribution in [2.45, 2.75) is 50.9 Å². The Balaban J connectivity index is 1.52. The van der Waals surface area contributed by atoms with E-state index in [9.17, 15) is 5.11 Å². The third-order valence-corrected chi connectivity index (χ3v) is 4.37. The summed E-state index contributed by atoms with van der Waals surface area (Å²) >= 11 is 0. The van der Waals surface area contributed by atoms with Crippen molar-refractivity contribution in [1.29, 1.82) is 0 Å². The Morgan fingerprint density at radius 2 is 1.89 bits per heavy atom. The minimum Gasteiger partial charge on any atom is -0.394 e. The van der Waals surface area contributed by atoms with Crippen molar-refractivity contribution in [3.63, 3.8) is 0 Å². The summed E-state index contributed by atoms with van der Waals surface area (Å²) in [6.45, 7) is 5.53. The standard InChI is InChI=1S/C16H24N2O/c1-16(12-19,17-15-6-7-15)8-9-18-10-13-4-2-3-5-14(13)11-18/h2-5,15,17,19H,6-12H2,1H3. The summed E-state index contributed by atoms with van der Waals surface area (Å²) in [4.78, 5) is 2.48. The van der Waals surface area contributed by atoms with Crippen LogP contribution in [-0.2, 0) is 13.1 Å². The van der Waals surface area contributed by atoms with Crippen molar-refractivity contribution in [1.82, 2.24) is 10.2 Å². The van der Waals surface area contributed by atoms with E-state index in [1.54, 1.807) is 0 Å². The van der Waals surface area contributed by atoms with Crippen molar-refractivity contribution < 1.29 is 5.11 Å². The van der Waals surface area contributed by atoms with Gasteiger partial charge in [-0.25, -0.2) is 0 Å². The maximum Gasteiger partial charge on any atom is 0.0611 e. The van der Waals surface area contributed by atoms with Gasteiger partial charge >= 0.3 is 0 Å². The molecule has 0 radical (unpaired) electrons. The van der Waals surface area contributed by atoms with E-state index in [-0.39, 0.29) is 12.1 Å². The van der Waals surface area contributed by atoms with Gasteiger partial charge in [0.05, 0.1) is 6.61 Å². The third-order valence-electron chi connectivity index (χ3n) is 4.37. The highest BCUT2D eigenvalue weighted by molar-refractivity contribution is 5.30. The second-order valence-electron chi connectivity index (χ2n) is 6.37. The molecule has 19 heavy (non-hydrogen) atoms. The molecule has 3 nitrogen and oxygen atoms in total. The van der Waals surface area contributed by atoms with Gasteiger partial charge in [0, 0.05) is 31.2 Å². The second kappa shape index (κ2) is 5.23. The predicted octanol–water partition coefficient (Wildman–Crippen LogP) is 1.90. The van der Waals surface area contributed by atoms with Crippen LogP contribution in [0.2, 0.25) is 0 Å². The Morgan fingerprint density at radius 3 is 2.42 bits per heavy atom. The van der Waals surface area contributed by atoms with Gasteiger partial charge in [-0.15, -0.1) is 0 Å². The van der Waals surface area contributed by atoms with E-state index in [4.69, 9.17) is 0 Å². The highest BCUT2D eigenvalue weighted by Crippen LogP contribution is 2.26. The van der Waals surface area contributed by atoms with Crippen LogP contribution in [0.25, 0.3) is 0 Å². The van der Waals surface area contributed by atoms with E-state index in [2.05, 4.69) is 41.4 Å². The first-order valence-electron chi connectivity index (χ1n) is 7.36. The minimum atomic E-state index is -0.115. The van der Waals surface area contributed by atoms with Gasteiger partial charge in [-0.3, -0.25) is 4.90 Å². The first-order valence-corrected chi connectivity index (χ1v) is 7.36. The molecular formula is C16H24N2O. The van der Waals surface area contributed by atoms with Crippen molar-refractivity contribution in [3.8, 4) is 0 Å². The van der Waals surface area contributed by atoms with Crippen LogP contribution in [0, 0.1) is 0 Å². The molecule has 0 aromatic heterocycles. The van der Waals surface area contributed by atoms with Crippen molar-refractivity contribution in [3.05, 3.63) is 35.4 Å². The number of rotatable bonds is 6. The summed E-state index contributed by atoms with van der Waals surface area (Å²) in [5.41, 5.74) is 2.81. The van der Waals surface area contributed by atoms with Crippen molar-refractivity contribution in [2.75, 3.05) is 13.2 Å². The summed E-state index contributed by atoms with van der Waals surface area (Å²) in [6.07, 6.45) is 3.55. The highest BCUT2D eigenvalue weighted by Gasteiger charge is 2.32. The van der Waals surface area contributed by atoms with Crippen LogP contribution in [0.15, 0.2) is 24.3 Å². The third kappa shape index (κ3) is 3.16. The molecule has 1 aromatic carbocycles. The average Bonchev–Trinajstić information content (AvgIpc) is 3.12. The number of hydrogen-bond acceptors (Lipinski definition) is 3. The number of aliphatic hydroxyl groups excluding tert-OH is 1. The maximum absolute atomic E-state index is 9.63. The van der Waals surface area contributed by atoms with Crippen molar-refractivity contribution in [2.24, 2.45) is 0 Å². The molecule has 1 aliphatic carbocycles. The smallest absolute Gasteiger partial charge is 0.0611 e. The average molecular weight is 260 g/mol. The molecule has 104 valence electrons. The first-order chi connectivity index (χ1) is 9.18. The molecular weight excluding hydrogens is 236 g/mol. The molecule has 1 fully saturated rings. The van der Waals surface area contributed by atoms with E-state index >= 15 is 0 Å². The number of hydrogen-bond donors (Lipinski definition) is 2. The molecule has 3 heteroatoms. The maximum atomic E-state index is 9.63. The molecule has 0 spiro atoms.